The Hall–Kier alpha value is -1.36. The van der Waals surface area contributed by atoms with Gasteiger partial charge in [-0.3, -0.25) is 4.68 Å². The van der Waals surface area contributed by atoms with Crippen LogP contribution in [0.4, 0.5) is 0 Å². The van der Waals surface area contributed by atoms with E-state index in [9.17, 15) is 9.90 Å². The minimum absolute atomic E-state index is 0.421. The van der Waals surface area contributed by atoms with Gasteiger partial charge in [0.1, 0.15) is 0 Å². The molecule has 1 aliphatic heterocycles. The van der Waals surface area contributed by atoms with E-state index >= 15 is 0 Å². The SMILES string of the molecule is CC1(C)CC(C(=O)O)(n2cc(C3CC3)cn2)CC(C)(C)O1. The summed E-state index contributed by atoms with van der Waals surface area (Å²) in [5.74, 6) is -0.247. The molecular weight excluding hydrogens is 268 g/mol. The van der Waals surface area contributed by atoms with Gasteiger partial charge >= 0.3 is 5.97 Å². The van der Waals surface area contributed by atoms with Crippen LogP contribution >= 0.6 is 0 Å². The van der Waals surface area contributed by atoms with Gasteiger partial charge in [-0.25, -0.2) is 4.79 Å². The van der Waals surface area contributed by atoms with Crippen LogP contribution in [0.3, 0.4) is 0 Å². The van der Waals surface area contributed by atoms with Crippen LogP contribution in [0.25, 0.3) is 0 Å². The molecule has 0 radical (unpaired) electrons. The fourth-order valence-corrected chi connectivity index (χ4v) is 3.90. The first kappa shape index (κ1) is 14.6. The molecule has 2 fully saturated rings. The van der Waals surface area contributed by atoms with E-state index in [0.717, 1.165) is 5.56 Å². The molecule has 21 heavy (non-hydrogen) atoms. The van der Waals surface area contributed by atoms with E-state index in [-0.39, 0.29) is 0 Å². The first-order chi connectivity index (χ1) is 9.64. The van der Waals surface area contributed by atoms with Gasteiger partial charge in [0.05, 0.1) is 17.4 Å². The number of carboxylic acid groups (broad SMARTS) is 1. The lowest BCUT2D eigenvalue weighted by molar-refractivity contribution is -0.205. The lowest BCUT2D eigenvalue weighted by Gasteiger charge is -2.49. The Morgan fingerprint density at radius 1 is 1.29 bits per heavy atom. The van der Waals surface area contributed by atoms with Crippen molar-refractivity contribution in [3.05, 3.63) is 18.0 Å². The summed E-state index contributed by atoms with van der Waals surface area (Å²) < 4.78 is 7.73. The minimum Gasteiger partial charge on any atom is -0.479 e. The van der Waals surface area contributed by atoms with E-state index in [1.807, 2.05) is 40.1 Å². The summed E-state index contributed by atoms with van der Waals surface area (Å²) in [7, 11) is 0. The highest BCUT2D eigenvalue weighted by Crippen LogP contribution is 2.46. The quantitative estimate of drug-likeness (QED) is 0.930. The van der Waals surface area contributed by atoms with Crippen molar-refractivity contribution in [2.75, 3.05) is 0 Å². The standard InChI is InChI=1S/C16H24N2O3/c1-14(2)9-16(13(19)20,10-15(3,4)21-14)18-8-12(7-17-18)11-5-6-11/h7-8,11H,5-6,9-10H2,1-4H3,(H,19,20). The van der Waals surface area contributed by atoms with Gasteiger partial charge in [0.25, 0.3) is 0 Å². The van der Waals surface area contributed by atoms with E-state index < -0.39 is 22.7 Å². The molecule has 3 rings (SSSR count). The van der Waals surface area contributed by atoms with Crippen LogP contribution in [0, 0.1) is 0 Å². The first-order valence-corrected chi connectivity index (χ1v) is 7.62. The second kappa shape index (κ2) is 4.32. The number of nitrogens with zero attached hydrogens (tertiary/aromatic N) is 2. The Bertz CT molecular complexity index is 554. The molecule has 0 amide bonds. The summed E-state index contributed by atoms with van der Waals surface area (Å²) in [6.45, 7) is 7.82. The Morgan fingerprint density at radius 3 is 2.33 bits per heavy atom. The summed E-state index contributed by atoms with van der Waals surface area (Å²) >= 11 is 0. The van der Waals surface area contributed by atoms with Crippen molar-refractivity contribution in [1.82, 2.24) is 9.78 Å². The van der Waals surface area contributed by atoms with Crippen LogP contribution in [0.5, 0.6) is 0 Å². The highest BCUT2D eigenvalue weighted by Gasteiger charge is 2.54. The third kappa shape index (κ3) is 2.59. The maximum Gasteiger partial charge on any atom is 0.331 e. The smallest absolute Gasteiger partial charge is 0.331 e. The van der Waals surface area contributed by atoms with Crippen LogP contribution in [-0.4, -0.2) is 32.1 Å². The number of aromatic nitrogens is 2. The molecule has 1 saturated carbocycles. The number of ether oxygens (including phenoxy) is 1. The summed E-state index contributed by atoms with van der Waals surface area (Å²) in [5.41, 5.74) is -0.853. The zero-order valence-electron chi connectivity index (χ0n) is 13.2. The van der Waals surface area contributed by atoms with Gasteiger partial charge < -0.3 is 9.84 Å². The van der Waals surface area contributed by atoms with Crippen molar-refractivity contribution in [3.63, 3.8) is 0 Å². The highest BCUT2D eigenvalue weighted by atomic mass is 16.5. The van der Waals surface area contributed by atoms with Gasteiger partial charge in [-0.15, -0.1) is 0 Å². The molecule has 2 heterocycles. The van der Waals surface area contributed by atoms with Crippen molar-refractivity contribution in [2.45, 2.75) is 76.0 Å². The van der Waals surface area contributed by atoms with E-state index in [1.165, 1.54) is 12.8 Å². The van der Waals surface area contributed by atoms with Crippen LogP contribution in [-0.2, 0) is 15.1 Å². The Kier molecular flexibility index (Phi) is 3.00. The molecule has 1 aromatic rings. The van der Waals surface area contributed by atoms with Gasteiger partial charge in [-0.05, 0) is 52.0 Å². The van der Waals surface area contributed by atoms with Crippen LogP contribution < -0.4 is 0 Å². The maximum atomic E-state index is 12.1. The Balaban J connectivity index is 2.03. The Labute approximate surface area is 125 Å². The molecule has 1 aromatic heterocycles. The average Bonchev–Trinajstić information content (AvgIpc) is 3.02. The number of hydrogen-bond donors (Lipinski definition) is 1. The van der Waals surface area contributed by atoms with Gasteiger partial charge in [0, 0.05) is 19.0 Å². The van der Waals surface area contributed by atoms with Crippen LogP contribution in [0.2, 0.25) is 0 Å². The normalized spacial score (nSPS) is 26.5. The summed E-state index contributed by atoms with van der Waals surface area (Å²) in [6.07, 6.45) is 6.98. The number of carbonyl (C=O) groups is 1. The van der Waals surface area contributed by atoms with Crippen molar-refractivity contribution < 1.29 is 14.6 Å². The summed E-state index contributed by atoms with van der Waals surface area (Å²) in [5, 5.41) is 14.4. The predicted molar refractivity (Wildman–Crippen MR) is 78.3 cm³/mol. The molecule has 0 bridgehead atoms. The van der Waals surface area contributed by atoms with E-state index in [2.05, 4.69) is 5.10 Å². The Morgan fingerprint density at radius 2 is 1.86 bits per heavy atom. The van der Waals surface area contributed by atoms with Crippen molar-refractivity contribution in [1.29, 1.82) is 0 Å². The molecule has 0 unspecified atom stereocenters. The topological polar surface area (TPSA) is 64.3 Å². The second-order valence-electron chi connectivity index (χ2n) is 7.80. The van der Waals surface area contributed by atoms with E-state index in [0.29, 0.717) is 18.8 Å². The monoisotopic (exact) mass is 292 g/mol. The molecule has 0 atom stereocenters. The van der Waals surface area contributed by atoms with Gasteiger partial charge in [0.15, 0.2) is 5.54 Å². The zero-order valence-corrected chi connectivity index (χ0v) is 13.2. The number of hydrogen-bond acceptors (Lipinski definition) is 3. The third-order valence-electron chi connectivity index (χ3n) is 4.48. The van der Waals surface area contributed by atoms with E-state index in [4.69, 9.17) is 4.74 Å². The molecule has 0 spiro atoms. The maximum absolute atomic E-state index is 12.1. The molecule has 0 aromatic carbocycles. The lowest BCUT2D eigenvalue weighted by Crippen LogP contribution is -2.58. The summed E-state index contributed by atoms with van der Waals surface area (Å²) in [4.78, 5) is 12.1. The molecule has 1 N–H and O–H groups in total. The average molecular weight is 292 g/mol. The molecule has 1 saturated heterocycles. The number of rotatable bonds is 3. The van der Waals surface area contributed by atoms with Crippen LogP contribution in [0.15, 0.2) is 12.4 Å². The van der Waals surface area contributed by atoms with Crippen molar-refractivity contribution in [3.8, 4) is 0 Å². The number of aliphatic carboxylic acids is 1. The predicted octanol–water partition coefficient (Wildman–Crippen LogP) is 2.91. The van der Waals surface area contributed by atoms with Gasteiger partial charge in [0.2, 0.25) is 0 Å². The molecule has 1 aliphatic carbocycles. The molecule has 5 nitrogen and oxygen atoms in total. The van der Waals surface area contributed by atoms with E-state index in [1.54, 1.807) is 4.68 Å². The second-order valence-corrected chi connectivity index (χ2v) is 7.80. The molecule has 2 aliphatic rings. The van der Waals surface area contributed by atoms with Crippen molar-refractivity contribution >= 4 is 5.97 Å². The van der Waals surface area contributed by atoms with Crippen LogP contribution in [0.1, 0.15) is 64.9 Å². The summed E-state index contributed by atoms with van der Waals surface area (Å²) in [6, 6.07) is 0. The van der Waals surface area contributed by atoms with Gasteiger partial charge in [-0.1, -0.05) is 0 Å². The molecule has 116 valence electrons. The fraction of sp³-hybridized carbons (Fsp3) is 0.750. The molecule has 5 heteroatoms. The lowest BCUT2D eigenvalue weighted by atomic mass is 9.75. The molecular formula is C16H24N2O3. The third-order valence-corrected chi connectivity index (χ3v) is 4.48. The largest absolute Gasteiger partial charge is 0.479 e. The zero-order chi connectivity index (χ0) is 15.5. The van der Waals surface area contributed by atoms with Gasteiger partial charge in [-0.2, -0.15) is 5.10 Å². The first-order valence-electron chi connectivity index (χ1n) is 7.62. The fourth-order valence-electron chi connectivity index (χ4n) is 3.90. The minimum atomic E-state index is -1.03. The number of carboxylic acids is 1. The van der Waals surface area contributed by atoms with Crippen molar-refractivity contribution in [2.24, 2.45) is 0 Å². The highest BCUT2D eigenvalue weighted by molar-refractivity contribution is 5.77.